The number of nitrogens with one attached hydrogen (secondary N) is 1. The van der Waals surface area contributed by atoms with Crippen LogP contribution in [0.25, 0.3) is 0 Å². The van der Waals surface area contributed by atoms with Crippen LogP contribution in [0.1, 0.15) is 20.3 Å². The average Bonchev–Trinajstić information content (AvgIpc) is 2.29. The van der Waals surface area contributed by atoms with Crippen molar-refractivity contribution in [3.63, 3.8) is 0 Å². The molecule has 3 nitrogen and oxygen atoms in total. The fourth-order valence-electron chi connectivity index (χ4n) is 1.23. The summed E-state index contributed by atoms with van der Waals surface area (Å²) in [6, 6.07) is 1.57. The number of anilines is 1. The van der Waals surface area contributed by atoms with Gasteiger partial charge in [-0.2, -0.15) is 0 Å². The van der Waals surface area contributed by atoms with E-state index in [1.54, 1.807) is 6.07 Å². The minimum Gasteiger partial charge on any atom is -0.380 e. The quantitative estimate of drug-likeness (QED) is 0.594. The van der Waals surface area contributed by atoms with Crippen LogP contribution in [-0.2, 0) is 4.74 Å². The molecule has 0 aliphatic carbocycles. The number of pyridine rings is 1. The van der Waals surface area contributed by atoms with Gasteiger partial charge in [-0.05, 0) is 18.4 Å². The summed E-state index contributed by atoms with van der Waals surface area (Å²) in [4.78, 5) is 4.05. The smallest absolute Gasteiger partial charge is 0.150 e. The first-order valence-electron chi connectivity index (χ1n) is 5.84. The van der Waals surface area contributed by atoms with Crippen molar-refractivity contribution in [2.45, 2.75) is 20.3 Å². The van der Waals surface area contributed by atoms with Crippen molar-refractivity contribution in [3.8, 4) is 0 Å². The van der Waals surface area contributed by atoms with Crippen molar-refractivity contribution in [1.29, 1.82) is 0 Å². The van der Waals surface area contributed by atoms with E-state index in [9.17, 15) is 0 Å². The minimum absolute atomic E-state index is 0.240. The highest BCUT2D eigenvalue weighted by atomic mass is 35.5. The zero-order chi connectivity index (χ0) is 13.5. The summed E-state index contributed by atoms with van der Waals surface area (Å²) in [5.41, 5.74) is 0. The van der Waals surface area contributed by atoms with E-state index in [0.717, 1.165) is 13.0 Å². The maximum absolute atomic E-state index is 5.97. The first kappa shape index (κ1) is 15.8. The minimum atomic E-state index is 0.240. The van der Waals surface area contributed by atoms with Gasteiger partial charge in [-0.1, -0.05) is 48.7 Å². The standard InChI is InChI=1S/C12H17Cl3N2O/c1-8(2)3-5-18-6-4-16-12-10(14)7-9(13)11(15)17-12/h7-8H,3-6H2,1-2H3,(H,16,17). The van der Waals surface area contributed by atoms with E-state index in [2.05, 4.69) is 24.1 Å². The summed E-state index contributed by atoms with van der Waals surface area (Å²) in [6.07, 6.45) is 1.06. The molecule has 0 atom stereocenters. The monoisotopic (exact) mass is 310 g/mol. The summed E-state index contributed by atoms with van der Waals surface area (Å²) in [7, 11) is 0. The van der Waals surface area contributed by atoms with Gasteiger partial charge in [0.1, 0.15) is 11.0 Å². The van der Waals surface area contributed by atoms with E-state index < -0.39 is 0 Å². The van der Waals surface area contributed by atoms with Crippen LogP contribution in [0.4, 0.5) is 5.82 Å². The summed E-state index contributed by atoms with van der Waals surface area (Å²) in [5, 5.41) is 4.10. The van der Waals surface area contributed by atoms with E-state index in [-0.39, 0.29) is 5.15 Å². The zero-order valence-corrected chi connectivity index (χ0v) is 12.7. The Morgan fingerprint density at radius 1 is 1.22 bits per heavy atom. The van der Waals surface area contributed by atoms with Crippen molar-refractivity contribution in [2.75, 3.05) is 25.1 Å². The van der Waals surface area contributed by atoms with Crippen LogP contribution in [0.5, 0.6) is 0 Å². The van der Waals surface area contributed by atoms with Gasteiger partial charge in [0.2, 0.25) is 0 Å². The summed E-state index contributed by atoms with van der Waals surface area (Å²) < 4.78 is 5.47. The fraction of sp³-hybridized carbons (Fsp3) is 0.583. The van der Waals surface area contributed by atoms with Crippen LogP contribution in [0.15, 0.2) is 6.07 Å². The Morgan fingerprint density at radius 3 is 2.61 bits per heavy atom. The predicted molar refractivity (Wildman–Crippen MR) is 78.0 cm³/mol. The Kier molecular flexibility index (Phi) is 7.08. The normalized spacial score (nSPS) is 11.0. The maximum Gasteiger partial charge on any atom is 0.150 e. The molecule has 1 aromatic rings. The molecule has 0 aliphatic rings. The SMILES string of the molecule is CC(C)CCOCCNc1nc(Cl)c(Cl)cc1Cl. The number of halogens is 3. The highest BCUT2D eigenvalue weighted by Crippen LogP contribution is 2.28. The Morgan fingerprint density at radius 2 is 1.94 bits per heavy atom. The van der Waals surface area contributed by atoms with E-state index in [4.69, 9.17) is 39.5 Å². The maximum atomic E-state index is 5.97. The molecule has 0 amide bonds. The van der Waals surface area contributed by atoms with Crippen LogP contribution >= 0.6 is 34.8 Å². The number of hydrogen-bond acceptors (Lipinski definition) is 3. The number of ether oxygens (including phenoxy) is 1. The van der Waals surface area contributed by atoms with E-state index in [1.807, 2.05) is 0 Å². The molecule has 102 valence electrons. The van der Waals surface area contributed by atoms with Gasteiger partial charge in [-0.3, -0.25) is 0 Å². The average molecular weight is 312 g/mol. The zero-order valence-electron chi connectivity index (χ0n) is 10.5. The van der Waals surface area contributed by atoms with Crippen molar-refractivity contribution in [3.05, 3.63) is 21.3 Å². The fourth-order valence-corrected chi connectivity index (χ4v) is 1.80. The third-order valence-corrected chi connectivity index (χ3v) is 3.23. The van der Waals surface area contributed by atoms with Gasteiger partial charge in [0.05, 0.1) is 16.7 Å². The van der Waals surface area contributed by atoms with Crippen molar-refractivity contribution >= 4 is 40.6 Å². The second-order valence-electron chi connectivity index (χ2n) is 4.31. The predicted octanol–water partition coefficient (Wildman–Crippen LogP) is 4.52. The first-order valence-corrected chi connectivity index (χ1v) is 6.97. The van der Waals surface area contributed by atoms with Crippen LogP contribution in [0.2, 0.25) is 15.2 Å². The largest absolute Gasteiger partial charge is 0.380 e. The van der Waals surface area contributed by atoms with Gasteiger partial charge in [0, 0.05) is 13.2 Å². The van der Waals surface area contributed by atoms with Crippen molar-refractivity contribution < 1.29 is 4.74 Å². The Hall–Kier alpha value is -0.220. The Labute approximate surface area is 123 Å². The highest BCUT2D eigenvalue weighted by Gasteiger charge is 2.06. The van der Waals surface area contributed by atoms with Gasteiger partial charge in [-0.15, -0.1) is 0 Å². The molecule has 0 bridgehead atoms. The second kappa shape index (κ2) is 8.05. The Bertz CT molecular complexity index is 386. The number of aromatic nitrogens is 1. The third-order valence-electron chi connectivity index (χ3n) is 2.27. The molecule has 0 saturated carbocycles. The molecule has 18 heavy (non-hydrogen) atoms. The van der Waals surface area contributed by atoms with Gasteiger partial charge >= 0.3 is 0 Å². The molecule has 0 radical (unpaired) electrons. The first-order chi connectivity index (χ1) is 8.50. The van der Waals surface area contributed by atoms with Crippen LogP contribution in [0.3, 0.4) is 0 Å². The lowest BCUT2D eigenvalue weighted by Gasteiger charge is -2.09. The van der Waals surface area contributed by atoms with E-state index >= 15 is 0 Å². The van der Waals surface area contributed by atoms with E-state index in [1.165, 1.54) is 0 Å². The van der Waals surface area contributed by atoms with Gasteiger partial charge in [0.25, 0.3) is 0 Å². The molecular weight excluding hydrogens is 295 g/mol. The molecule has 0 saturated heterocycles. The van der Waals surface area contributed by atoms with Crippen molar-refractivity contribution in [2.24, 2.45) is 5.92 Å². The number of hydrogen-bond donors (Lipinski definition) is 1. The third kappa shape index (κ3) is 5.61. The lowest BCUT2D eigenvalue weighted by atomic mass is 10.1. The molecule has 0 unspecified atom stereocenters. The molecule has 1 aromatic heterocycles. The van der Waals surface area contributed by atoms with Gasteiger partial charge in [-0.25, -0.2) is 4.98 Å². The molecule has 0 aliphatic heterocycles. The lowest BCUT2D eigenvalue weighted by molar-refractivity contribution is 0.132. The molecule has 0 aromatic carbocycles. The van der Waals surface area contributed by atoms with Crippen LogP contribution in [-0.4, -0.2) is 24.7 Å². The van der Waals surface area contributed by atoms with Crippen LogP contribution < -0.4 is 5.32 Å². The summed E-state index contributed by atoms with van der Waals surface area (Å²) in [5.74, 6) is 1.18. The molecule has 1 heterocycles. The molecule has 1 N–H and O–H groups in total. The molecule has 6 heteroatoms. The molecule has 0 fully saturated rings. The van der Waals surface area contributed by atoms with Crippen molar-refractivity contribution in [1.82, 2.24) is 4.98 Å². The Balaban J connectivity index is 2.29. The lowest BCUT2D eigenvalue weighted by Crippen LogP contribution is -2.12. The number of rotatable bonds is 7. The van der Waals surface area contributed by atoms with E-state index in [0.29, 0.717) is 34.9 Å². The molecule has 1 rings (SSSR count). The summed E-state index contributed by atoms with van der Waals surface area (Å²) in [6.45, 7) is 6.33. The highest BCUT2D eigenvalue weighted by molar-refractivity contribution is 6.42. The second-order valence-corrected chi connectivity index (χ2v) is 5.49. The molecule has 0 spiro atoms. The van der Waals surface area contributed by atoms with Gasteiger partial charge < -0.3 is 10.1 Å². The van der Waals surface area contributed by atoms with Crippen LogP contribution in [0, 0.1) is 5.92 Å². The topological polar surface area (TPSA) is 34.1 Å². The van der Waals surface area contributed by atoms with Gasteiger partial charge in [0.15, 0.2) is 0 Å². The summed E-state index contributed by atoms with van der Waals surface area (Å²) >= 11 is 17.6. The number of nitrogens with zero attached hydrogens (tertiary/aromatic N) is 1. The molecular formula is C12H17Cl3N2O.